The first-order valence-corrected chi connectivity index (χ1v) is 12.0. The van der Waals surface area contributed by atoms with Crippen LogP contribution in [0.2, 0.25) is 0 Å². The average Bonchev–Trinajstić information content (AvgIpc) is 3.51. The number of hydrogen-bond donors (Lipinski definition) is 0. The van der Waals surface area contributed by atoms with E-state index in [4.69, 9.17) is 9.47 Å². The lowest BCUT2D eigenvalue weighted by Gasteiger charge is -2.25. The molecule has 1 saturated heterocycles. The maximum atomic E-state index is 13.1. The molecule has 0 saturated carbocycles. The zero-order valence-corrected chi connectivity index (χ0v) is 18.7. The molecule has 0 spiro atoms. The minimum Gasteiger partial charge on any atom is -0.493 e. The highest BCUT2D eigenvalue weighted by atomic mass is 32.1. The van der Waals surface area contributed by atoms with Crippen LogP contribution in [-0.2, 0) is 17.7 Å². The first kappa shape index (κ1) is 21.0. The number of aryl methyl sites for hydroxylation is 1. The second kappa shape index (κ2) is 10.2. The second-order valence-electron chi connectivity index (χ2n) is 7.40. The molecule has 5 nitrogen and oxygen atoms in total. The predicted octanol–water partition coefficient (Wildman–Crippen LogP) is 4.96. The Morgan fingerprint density at radius 3 is 2.97 bits per heavy atom. The van der Waals surface area contributed by atoms with Crippen LogP contribution in [0, 0.1) is 6.92 Å². The Kier molecular flexibility index (Phi) is 7.15. The number of thiophene rings is 1. The molecule has 30 heavy (non-hydrogen) atoms. The lowest BCUT2D eigenvalue weighted by Crippen LogP contribution is -2.36. The van der Waals surface area contributed by atoms with E-state index >= 15 is 0 Å². The van der Waals surface area contributed by atoms with Gasteiger partial charge in [0, 0.05) is 31.0 Å². The summed E-state index contributed by atoms with van der Waals surface area (Å²) >= 11 is 3.15. The van der Waals surface area contributed by atoms with Crippen LogP contribution in [0.1, 0.15) is 38.6 Å². The summed E-state index contributed by atoms with van der Waals surface area (Å²) in [6, 6.07) is 11.8. The summed E-state index contributed by atoms with van der Waals surface area (Å²) in [6.45, 7) is 4.59. The first-order valence-electron chi connectivity index (χ1n) is 10.2. The summed E-state index contributed by atoms with van der Waals surface area (Å²) in [6.07, 6.45) is 3.04. The van der Waals surface area contributed by atoms with Gasteiger partial charge < -0.3 is 14.4 Å². The summed E-state index contributed by atoms with van der Waals surface area (Å²) in [5, 5.41) is 1.94. The van der Waals surface area contributed by atoms with Gasteiger partial charge in [-0.15, -0.1) is 22.7 Å². The third-order valence-corrected chi connectivity index (χ3v) is 7.03. The van der Waals surface area contributed by atoms with E-state index in [9.17, 15) is 4.79 Å². The zero-order chi connectivity index (χ0) is 20.8. The predicted molar refractivity (Wildman–Crippen MR) is 121 cm³/mol. The highest BCUT2D eigenvalue weighted by molar-refractivity contribution is 7.12. The van der Waals surface area contributed by atoms with Gasteiger partial charge in [-0.25, -0.2) is 4.98 Å². The van der Waals surface area contributed by atoms with Gasteiger partial charge in [-0.05, 0) is 48.9 Å². The van der Waals surface area contributed by atoms with Gasteiger partial charge >= 0.3 is 0 Å². The van der Waals surface area contributed by atoms with Crippen molar-refractivity contribution < 1.29 is 14.3 Å². The van der Waals surface area contributed by atoms with Gasteiger partial charge in [0.15, 0.2) is 0 Å². The highest BCUT2D eigenvalue weighted by Crippen LogP contribution is 2.21. The van der Waals surface area contributed by atoms with E-state index in [0.717, 1.165) is 47.8 Å². The molecule has 1 aromatic carbocycles. The van der Waals surface area contributed by atoms with Crippen molar-refractivity contribution in [3.8, 4) is 5.75 Å². The molecular formula is C23H26N2O3S2. The van der Waals surface area contributed by atoms with Crippen molar-refractivity contribution in [3.63, 3.8) is 0 Å². The number of ether oxygens (including phenoxy) is 2. The van der Waals surface area contributed by atoms with E-state index < -0.39 is 0 Å². The number of carbonyl (C=O) groups is 1. The maximum absolute atomic E-state index is 13.1. The van der Waals surface area contributed by atoms with Crippen LogP contribution >= 0.6 is 22.7 Å². The van der Waals surface area contributed by atoms with Gasteiger partial charge in [0.25, 0.3) is 5.91 Å². The molecule has 1 aliphatic rings. The minimum absolute atomic E-state index is 0.0625. The fourth-order valence-electron chi connectivity index (χ4n) is 3.59. The first-order chi connectivity index (χ1) is 14.7. The van der Waals surface area contributed by atoms with E-state index in [-0.39, 0.29) is 12.0 Å². The highest BCUT2D eigenvalue weighted by Gasteiger charge is 2.24. The lowest BCUT2D eigenvalue weighted by molar-refractivity contribution is 0.0510. The molecule has 1 amide bonds. The summed E-state index contributed by atoms with van der Waals surface area (Å²) in [5.41, 5.74) is 4.01. The Hall–Kier alpha value is -2.22. The average molecular weight is 443 g/mol. The molecule has 3 heterocycles. The van der Waals surface area contributed by atoms with Gasteiger partial charge in [-0.2, -0.15) is 0 Å². The molecule has 0 bridgehead atoms. The fraction of sp³-hybridized carbons (Fsp3) is 0.391. The van der Waals surface area contributed by atoms with Crippen LogP contribution in [0.3, 0.4) is 0 Å². The summed E-state index contributed by atoms with van der Waals surface area (Å²) < 4.78 is 11.8. The Bertz CT molecular complexity index is 949. The standard InChI is InChI=1S/C23H26N2O3S2/c1-17-21(30-16-24-17)9-11-28-19-6-2-5-18(13-19)14-25(15-20-7-3-10-27-20)23(26)22-8-4-12-29-22/h2,4-6,8,12-13,16,20H,3,7,9-11,14-15H2,1H3. The Morgan fingerprint density at radius 2 is 2.23 bits per heavy atom. The summed E-state index contributed by atoms with van der Waals surface area (Å²) in [4.78, 5) is 21.3. The molecule has 1 atom stereocenters. The van der Waals surface area contributed by atoms with Crippen LogP contribution in [0.5, 0.6) is 5.75 Å². The third-order valence-electron chi connectivity index (χ3n) is 5.18. The smallest absolute Gasteiger partial charge is 0.264 e. The van der Waals surface area contributed by atoms with E-state index in [0.29, 0.717) is 19.7 Å². The van der Waals surface area contributed by atoms with Gasteiger partial charge in [0.1, 0.15) is 5.75 Å². The van der Waals surface area contributed by atoms with Crippen LogP contribution in [0.4, 0.5) is 0 Å². The third kappa shape index (κ3) is 5.47. The molecule has 158 valence electrons. The van der Waals surface area contributed by atoms with Gasteiger partial charge in [-0.1, -0.05) is 18.2 Å². The summed E-state index contributed by atoms with van der Waals surface area (Å²) in [7, 11) is 0. The monoisotopic (exact) mass is 442 g/mol. The SMILES string of the molecule is Cc1ncsc1CCOc1cccc(CN(CC2CCCO2)C(=O)c2cccs2)c1. The Morgan fingerprint density at radius 1 is 1.30 bits per heavy atom. The number of benzene rings is 1. The Balaban J connectivity index is 1.40. The number of amides is 1. The van der Waals surface area contributed by atoms with Crippen molar-refractivity contribution >= 4 is 28.6 Å². The summed E-state index contributed by atoms with van der Waals surface area (Å²) in [5.74, 6) is 0.891. The number of nitrogens with zero attached hydrogens (tertiary/aromatic N) is 2. The second-order valence-corrected chi connectivity index (χ2v) is 9.29. The normalized spacial score (nSPS) is 16.0. The Labute approximate surface area is 185 Å². The van der Waals surface area contributed by atoms with Crippen LogP contribution in [0.25, 0.3) is 0 Å². The molecule has 0 radical (unpaired) electrons. The van der Waals surface area contributed by atoms with Crippen molar-refractivity contribution in [2.75, 3.05) is 19.8 Å². The molecule has 0 aliphatic carbocycles. The van der Waals surface area contributed by atoms with Crippen molar-refractivity contribution in [1.82, 2.24) is 9.88 Å². The fourth-order valence-corrected chi connectivity index (χ4v) is 5.04. The van der Waals surface area contributed by atoms with Crippen LogP contribution in [0.15, 0.2) is 47.3 Å². The van der Waals surface area contributed by atoms with Gasteiger partial charge in [-0.3, -0.25) is 4.79 Å². The number of aromatic nitrogens is 1. The quantitative estimate of drug-likeness (QED) is 0.470. The molecule has 1 aliphatic heterocycles. The topological polar surface area (TPSA) is 51.7 Å². The molecule has 3 aromatic rings. The molecule has 2 aromatic heterocycles. The number of rotatable bonds is 9. The maximum Gasteiger partial charge on any atom is 0.264 e. The lowest BCUT2D eigenvalue weighted by atomic mass is 10.1. The van der Waals surface area contributed by atoms with Crippen molar-refractivity contribution in [1.29, 1.82) is 0 Å². The molecule has 7 heteroatoms. The van der Waals surface area contributed by atoms with Crippen molar-refractivity contribution in [2.45, 2.75) is 38.8 Å². The van der Waals surface area contributed by atoms with E-state index in [1.807, 2.05) is 59.1 Å². The number of hydrogen-bond acceptors (Lipinski definition) is 6. The van der Waals surface area contributed by atoms with E-state index in [1.54, 1.807) is 11.3 Å². The molecule has 1 unspecified atom stereocenters. The largest absolute Gasteiger partial charge is 0.493 e. The van der Waals surface area contributed by atoms with Crippen molar-refractivity contribution in [2.24, 2.45) is 0 Å². The minimum atomic E-state index is 0.0625. The van der Waals surface area contributed by atoms with Crippen molar-refractivity contribution in [3.05, 3.63) is 68.3 Å². The van der Waals surface area contributed by atoms with Gasteiger partial charge in [0.05, 0.1) is 28.8 Å². The van der Waals surface area contributed by atoms with E-state index in [1.165, 1.54) is 16.2 Å². The number of carbonyl (C=O) groups excluding carboxylic acids is 1. The van der Waals surface area contributed by atoms with Gasteiger partial charge in [0.2, 0.25) is 0 Å². The molecule has 4 rings (SSSR count). The zero-order valence-electron chi connectivity index (χ0n) is 17.1. The molecule has 0 N–H and O–H groups in total. The van der Waals surface area contributed by atoms with Crippen LogP contribution < -0.4 is 4.74 Å². The van der Waals surface area contributed by atoms with Crippen LogP contribution in [-0.4, -0.2) is 41.7 Å². The van der Waals surface area contributed by atoms with E-state index in [2.05, 4.69) is 4.98 Å². The molecule has 1 fully saturated rings. The molecular weight excluding hydrogens is 416 g/mol. The number of thiazole rings is 1.